The second-order valence-corrected chi connectivity index (χ2v) is 6.68. The zero-order valence-electron chi connectivity index (χ0n) is 16.5. The predicted octanol–water partition coefficient (Wildman–Crippen LogP) is 5.54. The van der Waals surface area contributed by atoms with Crippen molar-refractivity contribution in [1.29, 1.82) is 10.5 Å². The number of nitrogens with zero attached hydrogens (tertiary/aromatic N) is 2. The summed E-state index contributed by atoms with van der Waals surface area (Å²) >= 11 is 0. The van der Waals surface area contributed by atoms with Gasteiger partial charge in [-0.1, -0.05) is 18.2 Å². The quantitative estimate of drug-likeness (QED) is 0.295. The monoisotopic (exact) mass is 424 g/mol. The number of hydrogen-bond acceptors (Lipinski definition) is 4. The summed E-state index contributed by atoms with van der Waals surface area (Å²) in [5, 5.41) is 18.8. The minimum atomic E-state index is -0.558. The lowest BCUT2D eigenvalue weighted by Gasteiger charge is -2.03. The van der Waals surface area contributed by atoms with Crippen molar-refractivity contribution in [2.24, 2.45) is 0 Å². The van der Waals surface area contributed by atoms with E-state index in [1.807, 2.05) is 12.1 Å². The highest BCUT2D eigenvalue weighted by Crippen LogP contribution is 2.18. The standard InChI is InChI=1S/C26H14F2N2O2/c27-23-8-4-19(5-9-23)25(31)21(15-29)13-17-2-1-3-18(12-17)14-22(16-30)26(32)20-6-10-24(28)11-7-20/h1-14H/b21-13-,22-14-. The minimum Gasteiger partial charge on any atom is -0.288 e. The number of rotatable bonds is 6. The van der Waals surface area contributed by atoms with Crippen molar-refractivity contribution in [3.63, 3.8) is 0 Å². The molecule has 0 N–H and O–H groups in total. The van der Waals surface area contributed by atoms with E-state index in [4.69, 9.17) is 0 Å². The summed E-state index contributed by atoms with van der Waals surface area (Å²) in [7, 11) is 0. The molecule has 0 aliphatic carbocycles. The van der Waals surface area contributed by atoms with Gasteiger partial charge < -0.3 is 0 Å². The largest absolute Gasteiger partial charge is 0.288 e. The Balaban J connectivity index is 1.91. The van der Waals surface area contributed by atoms with Gasteiger partial charge in [-0.3, -0.25) is 9.59 Å². The van der Waals surface area contributed by atoms with Crippen LogP contribution >= 0.6 is 0 Å². The molecule has 3 aromatic rings. The topological polar surface area (TPSA) is 81.7 Å². The van der Waals surface area contributed by atoms with Gasteiger partial charge in [0.2, 0.25) is 11.6 Å². The van der Waals surface area contributed by atoms with E-state index in [1.165, 1.54) is 36.4 Å². The Kier molecular flexibility index (Phi) is 6.80. The molecule has 0 fully saturated rings. The van der Waals surface area contributed by atoms with Crippen LogP contribution in [-0.4, -0.2) is 11.6 Å². The Bertz CT molecular complexity index is 1220. The first-order valence-corrected chi connectivity index (χ1v) is 9.35. The minimum absolute atomic E-state index is 0.152. The van der Waals surface area contributed by atoms with E-state index in [9.17, 15) is 28.9 Å². The zero-order valence-corrected chi connectivity index (χ0v) is 16.5. The lowest BCUT2D eigenvalue weighted by atomic mass is 9.99. The van der Waals surface area contributed by atoms with Gasteiger partial charge >= 0.3 is 0 Å². The molecule has 0 spiro atoms. The number of halogens is 2. The normalized spacial score (nSPS) is 11.4. The molecule has 0 unspecified atom stereocenters. The second kappa shape index (κ2) is 9.88. The van der Waals surface area contributed by atoms with E-state index in [0.29, 0.717) is 11.1 Å². The first-order valence-electron chi connectivity index (χ1n) is 9.35. The van der Waals surface area contributed by atoms with Crippen LogP contribution in [0.25, 0.3) is 12.2 Å². The molecule has 0 heterocycles. The van der Waals surface area contributed by atoms with Crippen LogP contribution < -0.4 is 0 Å². The summed E-state index contributed by atoms with van der Waals surface area (Å²) in [5.74, 6) is -2.10. The van der Waals surface area contributed by atoms with Crippen LogP contribution in [0, 0.1) is 34.3 Å². The van der Waals surface area contributed by atoms with Gasteiger partial charge in [-0.05, 0) is 77.9 Å². The molecule has 0 radical (unpaired) electrons. The van der Waals surface area contributed by atoms with E-state index in [-0.39, 0.29) is 22.3 Å². The molecule has 0 aliphatic heterocycles. The van der Waals surface area contributed by atoms with Gasteiger partial charge in [0.1, 0.15) is 34.9 Å². The fourth-order valence-corrected chi connectivity index (χ4v) is 2.88. The molecule has 3 rings (SSSR count). The third-order valence-electron chi connectivity index (χ3n) is 4.48. The molecule has 0 saturated carbocycles. The maximum absolute atomic E-state index is 13.1. The second-order valence-electron chi connectivity index (χ2n) is 6.68. The highest BCUT2D eigenvalue weighted by molar-refractivity contribution is 6.14. The smallest absolute Gasteiger partial charge is 0.203 e. The molecule has 0 bridgehead atoms. The van der Waals surface area contributed by atoms with Crippen molar-refractivity contribution in [2.75, 3.05) is 0 Å². The highest BCUT2D eigenvalue weighted by Gasteiger charge is 2.14. The summed E-state index contributed by atoms with van der Waals surface area (Å²) in [4.78, 5) is 25.1. The summed E-state index contributed by atoms with van der Waals surface area (Å²) in [6, 6.07) is 20.0. The Morgan fingerprint density at radius 2 is 1.03 bits per heavy atom. The van der Waals surface area contributed by atoms with Crippen LogP contribution in [-0.2, 0) is 0 Å². The lowest BCUT2D eigenvalue weighted by molar-refractivity contribution is 0.103. The Morgan fingerprint density at radius 3 is 1.38 bits per heavy atom. The molecule has 0 amide bonds. The van der Waals surface area contributed by atoms with Gasteiger partial charge in [-0.2, -0.15) is 10.5 Å². The van der Waals surface area contributed by atoms with Crippen molar-refractivity contribution >= 4 is 23.7 Å². The fraction of sp³-hybridized carbons (Fsp3) is 0. The van der Waals surface area contributed by atoms with E-state index in [0.717, 1.165) is 24.3 Å². The number of benzene rings is 3. The van der Waals surface area contributed by atoms with Crippen LogP contribution in [0.3, 0.4) is 0 Å². The Labute approximate surface area is 183 Å². The number of ketones is 2. The van der Waals surface area contributed by atoms with Crippen LogP contribution in [0.1, 0.15) is 31.8 Å². The van der Waals surface area contributed by atoms with Crippen LogP contribution in [0.2, 0.25) is 0 Å². The Morgan fingerprint density at radius 1 is 0.656 bits per heavy atom. The molecule has 0 atom stereocenters. The van der Waals surface area contributed by atoms with Crippen molar-refractivity contribution in [1.82, 2.24) is 0 Å². The van der Waals surface area contributed by atoms with Crippen LogP contribution in [0.4, 0.5) is 8.78 Å². The first kappa shape index (κ1) is 22.0. The van der Waals surface area contributed by atoms with Crippen LogP contribution in [0.15, 0.2) is 83.9 Å². The summed E-state index contributed by atoms with van der Waals surface area (Å²) < 4.78 is 26.2. The van der Waals surface area contributed by atoms with Gasteiger partial charge in [-0.15, -0.1) is 0 Å². The van der Waals surface area contributed by atoms with Gasteiger partial charge in [0.05, 0.1) is 0 Å². The zero-order chi connectivity index (χ0) is 23.1. The number of hydrogen-bond donors (Lipinski definition) is 0. The molecule has 32 heavy (non-hydrogen) atoms. The number of allylic oxidation sites excluding steroid dienone is 2. The SMILES string of the molecule is N#C/C(=C/c1cccc(/C=C(/C#N)C(=O)c2ccc(F)cc2)c1)C(=O)c1ccc(F)cc1. The number of nitriles is 2. The fourth-order valence-electron chi connectivity index (χ4n) is 2.88. The van der Waals surface area contributed by atoms with Gasteiger partial charge in [0.25, 0.3) is 0 Å². The maximum atomic E-state index is 13.1. The average molecular weight is 424 g/mol. The number of carbonyl (C=O) groups is 2. The number of Topliss-reactive ketones (excluding diaryl/α,β-unsaturated/α-hetero) is 2. The van der Waals surface area contributed by atoms with Crippen LogP contribution in [0.5, 0.6) is 0 Å². The predicted molar refractivity (Wildman–Crippen MR) is 115 cm³/mol. The van der Waals surface area contributed by atoms with Crippen molar-refractivity contribution < 1.29 is 18.4 Å². The third-order valence-corrected chi connectivity index (χ3v) is 4.48. The number of carbonyl (C=O) groups excluding carboxylic acids is 2. The molecule has 0 aromatic heterocycles. The average Bonchev–Trinajstić information content (AvgIpc) is 2.81. The molecule has 154 valence electrons. The summed E-state index contributed by atoms with van der Waals surface area (Å²) in [6.07, 6.45) is 2.74. The lowest BCUT2D eigenvalue weighted by Crippen LogP contribution is -2.02. The van der Waals surface area contributed by atoms with E-state index < -0.39 is 23.2 Å². The maximum Gasteiger partial charge on any atom is 0.203 e. The molecule has 0 aliphatic rings. The summed E-state index contributed by atoms with van der Waals surface area (Å²) in [6.45, 7) is 0. The summed E-state index contributed by atoms with van der Waals surface area (Å²) in [5.41, 5.74) is 1.04. The van der Waals surface area contributed by atoms with E-state index in [2.05, 4.69) is 0 Å². The van der Waals surface area contributed by atoms with Crippen molar-refractivity contribution in [3.8, 4) is 12.1 Å². The highest BCUT2D eigenvalue weighted by atomic mass is 19.1. The molecule has 0 saturated heterocycles. The van der Waals surface area contributed by atoms with Crippen molar-refractivity contribution in [2.45, 2.75) is 0 Å². The molecular formula is C26H14F2N2O2. The van der Waals surface area contributed by atoms with E-state index in [1.54, 1.807) is 24.3 Å². The molecular weight excluding hydrogens is 410 g/mol. The van der Waals surface area contributed by atoms with Crippen molar-refractivity contribution in [3.05, 3.63) is 118 Å². The van der Waals surface area contributed by atoms with Gasteiger partial charge in [0.15, 0.2) is 0 Å². The van der Waals surface area contributed by atoms with E-state index >= 15 is 0 Å². The third kappa shape index (κ3) is 5.27. The Hall–Kier alpha value is -4.68. The van der Waals surface area contributed by atoms with Gasteiger partial charge in [-0.25, -0.2) is 8.78 Å². The molecule has 4 nitrogen and oxygen atoms in total. The van der Waals surface area contributed by atoms with Gasteiger partial charge in [0, 0.05) is 11.1 Å². The molecule has 3 aromatic carbocycles. The first-order chi connectivity index (χ1) is 15.4. The molecule has 6 heteroatoms.